The van der Waals surface area contributed by atoms with Gasteiger partial charge in [0.05, 0.1) is 11.3 Å². The number of carboxylic acid groups (broad SMARTS) is 1. The first-order valence-corrected chi connectivity index (χ1v) is 9.65. The van der Waals surface area contributed by atoms with Crippen LogP contribution in [0.3, 0.4) is 0 Å². The maximum Gasteiger partial charge on any atom is 0.336 e. The fourth-order valence-corrected chi connectivity index (χ4v) is 3.32. The van der Waals surface area contributed by atoms with Crippen LogP contribution in [0.4, 0.5) is 5.69 Å². The molecule has 0 unspecified atom stereocenters. The molecule has 0 radical (unpaired) electrons. The highest BCUT2D eigenvalue weighted by molar-refractivity contribution is 7.99. The van der Waals surface area contributed by atoms with Crippen molar-refractivity contribution >= 4 is 23.4 Å². The average molecular weight is 379 g/mol. The van der Waals surface area contributed by atoms with Crippen LogP contribution in [0.5, 0.6) is 5.75 Å². The summed E-state index contributed by atoms with van der Waals surface area (Å²) in [7, 11) is 0. The topological polar surface area (TPSA) is 58.6 Å². The zero-order valence-corrected chi connectivity index (χ0v) is 16.0. The zero-order chi connectivity index (χ0) is 19.2. The van der Waals surface area contributed by atoms with Gasteiger partial charge in [0.1, 0.15) is 0 Å². The van der Waals surface area contributed by atoms with Crippen molar-refractivity contribution in [1.82, 2.24) is 0 Å². The van der Waals surface area contributed by atoms with Gasteiger partial charge < -0.3 is 9.94 Å². The van der Waals surface area contributed by atoms with Crippen LogP contribution >= 0.6 is 11.8 Å². The van der Waals surface area contributed by atoms with Crippen LogP contribution in [0.2, 0.25) is 0 Å². The van der Waals surface area contributed by atoms with Gasteiger partial charge in [0.25, 0.3) is 0 Å². The quantitative estimate of drug-likeness (QED) is 0.397. The van der Waals surface area contributed by atoms with E-state index in [1.54, 1.807) is 19.1 Å². The van der Waals surface area contributed by atoms with Gasteiger partial charge in [0, 0.05) is 4.90 Å². The first-order chi connectivity index (χ1) is 13.1. The van der Waals surface area contributed by atoms with Crippen LogP contribution in [0.25, 0.3) is 11.1 Å². The van der Waals surface area contributed by atoms with E-state index >= 15 is 0 Å². The van der Waals surface area contributed by atoms with Crippen LogP contribution < -0.4 is 10.3 Å². The van der Waals surface area contributed by atoms with Crippen LogP contribution in [-0.2, 0) is 0 Å². The highest BCUT2D eigenvalue weighted by Crippen LogP contribution is 2.25. The predicted octanol–water partition coefficient (Wildman–Crippen LogP) is 5.88. The first kappa shape index (κ1) is 18.9. The molecule has 0 spiro atoms. The van der Waals surface area contributed by atoms with E-state index in [0.717, 1.165) is 22.6 Å². The molecule has 0 heterocycles. The number of benzene rings is 3. The van der Waals surface area contributed by atoms with Crippen molar-refractivity contribution in [3.05, 3.63) is 77.9 Å². The maximum atomic E-state index is 11.2. The summed E-state index contributed by atoms with van der Waals surface area (Å²) in [4.78, 5) is 18.0. The Bertz CT molecular complexity index is 921. The van der Waals surface area contributed by atoms with Crippen molar-refractivity contribution < 1.29 is 14.7 Å². The fraction of sp³-hybridized carbons (Fsp3) is 0.136. The second-order valence-corrected chi connectivity index (χ2v) is 7.36. The number of nitrogens with one attached hydrogen (secondary N) is 1. The number of carbonyl (C=O) groups is 1. The van der Waals surface area contributed by atoms with Crippen LogP contribution in [-0.4, -0.2) is 16.8 Å². The van der Waals surface area contributed by atoms with Gasteiger partial charge in [0.15, 0.2) is 5.75 Å². The lowest BCUT2D eigenvalue weighted by molar-refractivity contribution is 0.0695. The van der Waals surface area contributed by atoms with Gasteiger partial charge >= 0.3 is 5.97 Å². The van der Waals surface area contributed by atoms with E-state index in [2.05, 4.69) is 36.7 Å². The van der Waals surface area contributed by atoms with Gasteiger partial charge in [-0.2, -0.15) is 0 Å². The first-order valence-electron chi connectivity index (χ1n) is 8.67. The SMILES string of the molecule is CCSc1ccc(-c2ccc(NOc3ccc(C)c(C(=O)O)c3)cc2)cc1. The maximum absolute atomic E-state index is 11.2. The van der Waals surface area contributed by atoms with E-state index < -0.39 is 5.97 Å². The zero-order valence-electron chi connectivity index (χ0n) is 15.2. The molecule has 0 aliphatic rings. The standard InChI is InChI=1S/C22H21NO3S/c1-3-27-20-12-7-17(8-13-20)16-5-9-18(10-6-16)23-26-19-11-4-15(2)21(14-19)22(24)25/h4-14,23H,3H2,1-2H3,(H,24,25). The van der Waals surface area contributed by atoms with Crippen molar-refractivity contribution in [2.45, 2.75) is 18.7 Å². The summed E-state index contributed by atoms with van der Waals surface area (Å²) in [6.07, 6.45) is 0. The molecule has 0 bridgehead atoms. The third-order valence-electron chi connectivity index (χ3n) is 4.11. The highest BCUT2D eigenvalue weighted by Gasteiger charge is 2.08. The Labute approximate surface area is 163 Å². The van der Waals surface area contributed by atoms with E-state index in [-0.39, 0.29) is 5.56 Å². The van der Waals surface area contributed by atoms with E-state index in [1.807, 2.05) is 36.0 Å². The van der Waals surface area contributed by atoms with Crippen molar-refractivity contribution in [3.8, 4) is 16.9 Å². The molecule has 0 aliphatic heterocycles. The minimum absolute atomic E-state index is 0.231. The van der Waals surface area contributed by atoms with Crippen molar-refractivity contribution in [3.63, 3.8) is 0 Å². The molecule has 0 saturated carbocycles. The molecule has 138 valence electrons. The van der Waals surface area contributed by atoms with Crippen LogP contribution in [0.15, 0.2) is 71.6 Å². The Morgan fingerprint density at radius 3 is 2.22 bits per heavy atom. The lowest BCUT2D eigenvalue weighted by Crippen LogP contribution is -2.06. The average Bonchev–Trinajstić information content (AvgIpc) is 2.68. The third kappa shape index (κ3) is 4.83. The molecule has 3 aromatic carbocycles. The number of aryl methyl sites for hydroxylation is 1. The molecule has 0 aliphatic carbocycles. The van der Waals surface area contributed by atoms with Gasteiger partial charge in [0.2, 0.25) is 0 Å². The molecule has 0 aromatic heterocycles. The summed E-state index contributed by atoms with van der Waals surface area (Å²) < 4.78 is 0. The summed E-state index contributed by atoms with van der Waals surface area (Å²) in [5.41, 5.74) is 6.85. The summed E-state index contributed by atoms with van der Waals surface area (Å²) in [6, 6.07) is 21.4. The second-order valence-electron chi connectivity index (χ2n) is 6.02. The summed E-state index contributed by atoms with van der Waals surface area (Å²) in [6.45, 7) is 3.90. The summed E-state index contributed by atoms with van der Waals surface area (Å²) in [5.74, 6) is 0.547. The van der Waals surface area contributed by atoms with Crippen molar-refractivity contribution in [2.75, 3.05) is 11.2 Å². The second kappa shape index (κ2) is 8.64. The third-order valence-corrected chi connectivity index (χ3v) is 5.00. The Morgan fingerprint density at radius 1 is 1.00 bits per heavy atom. The smallest absolute Gasteiger partial charge is 0.336 e. The number of carboxylic acids is 1. The molecule has 4 nitrogen and oxygen atoms in total. The Kier molecular flexibility index (Phi) is 6.04. The van der Waals surface area contributed by atoms with E-state index in [1.165, 1.54) is 11.0 Å². The van der Waals surface area contributed by atoms with Gasteiger partial charge in [-0.25, -0.2) is 10.3 Å². The molecule has 0 atom stereocenters. The Hall–Kier alpha value is -2.92. The summed E-state index contributed by atoms with van der Waals surface area (Å²) >= 11 is 1.83. The number of rotatable bonds is 7. The molecule has 0 fully saturated rings. The van der Waals surface area contributed by atoms with E-state index in [4.69, 9.17) is 4.84 Å². The molecule has 2 N–H and O–H groups in total. The molecule has 0 saturated heterocycles. The molecule has 3 rings (SSSR count). The monoisotopic (exact) mass is 379 g/mol. The normalized spacial score (nSPS) is 10.4. The number of hydrogen-bond acceptors (Lipinski definition) is 4. The molecule has 0 amide bonds. The lowest BCUT2D eigenvalue weighted by Gasteiger charge is -2.10. The van der Waals surface area contributed by atoms with Gasteiger partial charge in [-0.1, -0.05) is 37.3 Å². The fourth-order valence-electron chi connectivity index (χ4n) is 2.65. The Morgan fingerprint density at radius 2 is 1.63 bits per heavy atom. The largest absolute Gasteiger partial charge is 0.478 e. The minimum Gasteiger partial charge on any atom is -0.478 e. The number of anilines is 1. The Balaban J connectivity index is 1.66. The van der Waals surface area contributed by atoms with Crippen molar-refractivity contribution in [1.29, 1.82) is 0 Å². The molecule has 5 heteroatoms. The number of hydrogen-bond donors (Lipinski definition) is 2. The van der Waals surface area contributed by atoms with E-state index in [9.17, 15) is 9.90 Å². The lowest BCUT2D eigenvalue weighted by atomic mass is 10.1. The number of thioether (sulfide) groups is 1. The molecular weight excluding hydrogens is 358 g/mol. The van der Waals surface area contributed by atoms with Gasteiger partial charge in [-0.3, -0.25) is 0 Å². The van der Waals surface area contributed by atoms with Gasteiger partial charge in [-0.05, 0) is 65.8 Å². The summed E-state index contributed by atoms with van der Waals surface area (Å²) in [5, 5.41) is 9.18. The van der Waals surface area contributed by atoms with Crippen LogP contribution in [0.1, 0.15) is 22.8 Å². The van der Waals surface area contributed by atoms with E-state index in [0.29, 0.717) is 11.3 Å². The molecule has 27 heavy (non-hydrogen) atoms. The van der Waals surface area contributed by atoms with Crippen molar-refractivity contribution in [2.24, 2.45) is 0 Å². The minimum atomic E-state index is -0.967. The molecule has 3 aromatic rings. The molecular formula is C22H21NO3S. The predicted molar refractivity (Wildman–Crippen MR) is 111 cm³/mol. The van der Waals surface area contributed by atoms with Crippen LogP contribution in [0, 0.1) is 6.92 Å². The highest BCUT2D eigenvalue weighted by atomic mass is 32.2. The van der Waals surface area contributed by atoms with Gasteiger partial charge in [-0.15, -0.1) is 11.8 Å². The number of aromatic carboxylic acids is 1.